The minimum Gasteiger partial charge on any atom is -0.352 e. The van der Waals surface area contributed by atoms with Gasteiger partial charge in [-0.25, -0.2) is 4.39 Å². The molecule has 3 nitrogen and oxygen atoms in total. The van der Waals surface area contributed by atoms with Gasteiger partial charge in [-0.15, -0.1) is 0 Å². The summed E-state index contributed by atoms with van der Waals surface area (Å²) in [5.41, 5.74) is 8.26. The van der Waals surface area contributed by atoms with E-state index >= 15 is 0 Å². The number of benzene rings is 2. The average molecular weight is 307 g/mol. The predicted octanol–water partition coefficient (Wildman–Crippen LogP) is 2.80. The Morgan fingerprint density at radius 1 is 1.19 bits per heavy atom. The van der Waals surface area contributed by atoms with Crippen LogP contribution < -0.4 is 11.1 Å². The summed E-state index contributed by atoms with van der Waals surface area (Å²) in [6.45, 7) is 0.709. The van der Waals surface area contributed by atoms with Gasteiger partial charge in [0.1, 0.15) is 5.82 Å². The largest absolute Gasteiger partial charge is 0.352 e. The van der Waals surface area contributed by atoms with Gasteiger partial charge in [-0.3, -0.25) is 4.79 Å². The first-order chi connectivity index (χ1) is 10.1. The molecule has 2 aromatic carbocycles. The fraction of sp³-hybridized carbons (Fsp3) is 0.188. The van der Waals surface area contributed by atoms with Gasteiger partial charge in [0.25, 0.3) is 0 Å². The van der Waals surface area contributed by atoms with Crippen molar-refractivity contribution in [1.82, 2.24) is 5.32 Å². The van der Waals surface area contributed by atoms with Crippen LogP contribution in [0.25, 0.3) is 0 Å². The molecule has 0 aliphatic carbocycles. The molecule has 3 N–H and O–H groups in total. The molecule has 0 fully saturated rings. The molecule has 0 saturated heterocycles. The Kier molecular flexibility index (Phi) is 5.31. The maximum absolute atomic E-state index is 13.0. The van der Waals surface area contributed by atoms with Crippen molar-refractivity contribution in [1.29, 1.82) is 0 Å². The van der Waals surface area contributed by atoms with Crippen LogP contribution in [0.3, 0.4) is 0 Å². The Hall–Kier alpha value is -1.91. The Labute approximate surface area is 127 Å². The van der Waals surface area contributed by atoms with Crippen LogP contribution in [0.4, 0.5) is 4.39 Å². The summed E-state index contributed by atoms with van der Waals surface area (Å²) in [7, 11) is 0. The van der Waals surface area contributed by atoms with E-state index in [1.165, 1.54) is 12.1 Å². The molecule has 5 heteroatoms. The zero-order chi connectivity index (χ0) is 15.2. The molecule has 0 aliphatic rings. The lowest BCUT2D eigenvalue weighted by atomic mass is 10.0. The fourth-order valence-corrected chi connectivity index (χ4v) is 2.22. The SMILES string of the molecule is NCc1ccccc1CC(=O)NCc1ccc(F)c(Cl)c1. The predicted molar refractivity (Wildman–Crippen MR) is 81.3 cm³/mol. The average Bonchev–Trinajstić information content (AvgIpc) is 2.49. The normalized spacial score (nSPS) is 10.4. The van der Waals surface area contributed by atoms with E-state index in [9.17, 15) is 9.18 Å². The third-order valence-corrected chi connectivity index (χ3v) is 3.45. The third-order valence-electron chi connectivity index (χ3n) is 3.16. The van der Waals surface area contributed by atoms with Crippen molar-refractivity contribution < 1.29 is 9.18 Å². The number of amides is 1. The van der Waals surface area contributed by atoms with Crippen molar-refractivity contribution in [2.75, 3.05) is 0 Å². The van der Waals surface area contributed by atoms with Gasteiger partial charge >= 0.3 is 0 Å². The van der Waals surface area contributed by atoms with Crippen LogP contribution in [0.2, 0.25) is 5.02 Å². The third kappa shape index (κ3) is 4.28. The number of nitrogens with one attached hydrogen (secondary N) is 1. The van der Waals surface area contributed by atoms with E-state index in [-0.39, 0.29) is 17.4 Å². The van der Waals surface area contributed by atoms with E-state index in [2.05, 4.69) is 5.32 Å². The summed E-state index contributed by atoms with van der Waals surface area (Å²) >= 11 is 5.70. The van der Waals surface area contributed by atoms with Gasteiger partial charge in [0.05, 0.1) is 11.4 Å². The molecule has 0 radical (unpaired) electrons. The Balaban J connectivity index is 1.94. The first kappa shape index (κ1) is 15.5. The van der Waals surface area contributed by atoms with Crippen molar-refractivity contribution in [2.24, 2.45) is 5.73 Å². The molecule has 110 valence electrons. The first-order valence-electron chi connectivity index (χ1n) is 6.57. The van der Waals surface area contributed by atoms with Gasteiger partial charge in [0.2, 0.25) is 5.91 Å². The molecule has 0 atom stereocenters. The maximum atomic E-state index is 13.0. The molecule has 0 unspecified atom stereocenters. The monoisotopic (exact) mass is 306 g/mol. The lowest BCUT2D eigenvalue weighted by Crippen LogP contribution is -2.25. The zero-order valence-electron chi connectivity index (χ0n) is 11.4. The number of carbonyl (C=O) groups excluding carboxylic acids is 1. The smallest absolute Gasteiger partial charge is 0.224 e. The van der Waals surface area contributed by atoms with Crippen LogP contribution >= 0.6 is 11.6 Å². The highest BCUT2D eigenvalue weighted by molar-refractivity contribution is 6.30. The van der Waals surface area contributed by atoms with E-state index in [1.807, 2.05) is 24.3 Å². The van der Waals surface area contributed by atoms with Crippen LogP contribution in [-0.4, -0.2) is 5.91 Å². The fourth-order valence-electron chi connectivity index (χ4n) is 2.01. The van der Waals surface area contributed by atoms with E-state index < -0.39 is 5.82 Å². The molecular weight excluding hydrogens is 291 g/mol. The van der Waals surface area contributed by atoms with Gasteiger partial charge in [-0.1, -0.05) is 41.9 Å². The number of rotatable bonds is 5. The molecule has 0 heterocycles. The second kappa shape index (κ2) is 7.20. The Morgan fingerprint density at radius 2 is 1.90 bits per heavy atom. The van der Waals surface area contributed by atoms with Gasteiger partial charge in [0, 0.05) is 13.1 Å². The van der Waals surface area contributed by atoms with E-state index in [4.69, 9.17) is 17.3 Å². The highest BCUT2D eigenvalue weighted by atomic mass is 35.5. The number of nitrogens with two attached hydrogens (primary N) is 1. The molecule has 2 rings (SSSR count). The molecule has 2 aromatic rings. The quantitative estimate of drug-likeness (QED) is 0.892. The molecular formula is C16H16ClFN2O. The molecule has 0 bridgehead atoms. The highest BCUT2D eigenvalue weighted by Crippen LogP contribution is 2.16. The van der Waals surface area contributed by atoms with E-state index in [1.54, 1.807) is 6.07 Å². The topological polar surface area (TPSA) is 55.1 Å². The van der Waals surface area contributed by atoms with Gasteiger partial charge in [-0.2, -0.15) is 0 Å². The summed E-state index contributed by atoms with van der Waals surface area (Å²) in [4.78, 5) is 11.9. The van der Waals surface area contributed by atoms with Crippen LogP contribution in [0, 0.1) is 5.82 Å². The Morgan fingerprint density at radius 3 is 2.57 bits per heavy atom. The van der Waals surface area contributed by atoms with Crippen molar-refractivity contribution >= 4 is 17.5 Å². The van der Waals surface area contributed by atoms with Crippen LogP contribution in [0.1, 0.15) is 16.7 Å². The van der Waals surface area contributed by atoms with Crippen molar-refractivity contribution in [2.45, 2.75) is 19.5 Å². The second-order valence-corrected chi connectivity index (χ2v) is 5.08. The van der Waals surface area contributed by atoms with Crippen molar-refractivity contribution in [3.05, 3.63) is 70.0 Å². The lowest BCUT2D eigenvalue weighted by Gasteiger charge is -2.09. The molecule has 0 saturated carbocycles. The van der Waals surface area contributed by atoms with Crippen LogP contribution in [0.15, 0.2) is 42.5 Å². The number of carbonyl (C=O) groups is 1. The molecule has 0 aromatic heterocycles. The second-order valence-electron chi connectivity index (χ2n) is 4.67. The highest BCUT2D eigenvalue weighted by Gasteiger charge is 2.07. The molecule has 21 heavy (non-hydrogen) atoms. The number of halogens is 2. The van der Waals surface area contributed by atoms with Crippen molar-refractivity contribution in [3.8, 4) is 0 Å². The summed E-state index contributed by atoms with van der Waals surface area (Å²) in [6, 6.07) is 11.9. The van der Waals surface area contributed by atoms with Crippen LogP contribution in [-0.2, 0) is 24.3 Å². The van der Waals surface area contributed by atoms with Crippen LogP contribution in [0.5, 0.6) is 0 Å². The van der Waals surface area contributed by atoms with Gasteiger partial charge < -0.3 is 11.1 Å². The molecule has 0 spiro atoms. The summed E-state index contributed by atoms with van der Waals surface area (Å²) in [6.07, 6.45) is 0.266. The van der Waals surface area contributed by atoms with Gasteiger partial charge in [-0.05, 0) is 28.8 Å². The Bertz CT molecular complexity index is 646. The summed E-state index contributed by atoms with van der Waals surface area (Å²) in [5.74, 6) is -0.583. The van der Waals surface area contributed by atoms with E-state index in [0.29, 0.717) is 13.1 Å². The minimum absolute atomic E-state index is 0.0511. The standard InChI is InChI=1S/C16H16ClFN2O/c17-14-7-11(5-6-15(14)18)10-20-16(21)8-12-3-1-2-4-13(12)9-19/h1-7H,8-10,19H2,(H,20,21). The minimum atomic E-state index is -0.469. The number of hydrogen-bond acceptors (Lipinski definition) is 2. The summed E-state index contributed by atoms with van der Waals surface area (Å²) < 4.78 is 13.0. The number of hydrogen-bond donors (Lipinski definition) is 2. The zero-order valence-corrected chi connectivity index (χ0v) is 12.2. The molecule has 1 amide bonds. The summed E-state index contributed by atoms with van der Waals surface area (Å²) in [5, 5.41) is 2.84. The maximum Gasteiger partial charge on any atom is 0.224 e. The lowest BCUT2D eigenvalue weighted by molar-refractivity contribution is -0.120. The van der Waals surface area contributed by atoms with Crippen molar-refractivity contribution in [3.63, 3.8) is 0 Å². The van der Waals surface area contributed by atoms with E-state index in [0.717, 1.165) is 16.7 Å². The molecule has 0 aliphatic heterocycles. The van der Waals surface area contributed by atoms with Gasteiger partial charge in [0.15, 0.2) is 0 Å². The first-order valence-corrected chi connectivity index (χ1v) is 6.95.